The third-order valence-corrected chi connectivity index (χ3v) is 3.54. The molecule has 0 aliphatic carbocycles. The molecule has 0 amide bonds. The molecular weight excluding hydrogens is 244 g/mol. The van der Waals surface area contributed by atoms with E-state index in [2.05, 4.69) is 4.72 Å². The van der Waals surface area contributed by atoms with Crippen LogP contribution < -0.4 is 15.2 Å². The zero-order valence-electron chi connectivity index (χ0n) is 9.51. The van der Waals surface area contributed by atoms with Crippen LogP contribution >= 0.6 is 0 Å². The number of hydrogen-bond donors (Lipinski definition) is 3. The topological polar surface area (TPSA) is 102 Å². The van der Waals surface area contributed by atoms with Gasteiger partial charge in [0, 0.05) is 19.1 Å². The van der Waals surface area contributed by atoms with Crippen molar-refractivity contribution in [2.45, 2.75) is 11.3 Å². The van der Waals surface area contributed by atoms with Gasteiger partial charge in [0.25, 0.3) is 0 Å². The summed E-state index contributed by atoms with van der Waals surface area (Å²) in [5.41, 5.74) is 6.01. The van der Waals surface area contributed by atoms with Crippen LogP contribution in [0.2, 0.25) is 0 Å². The first-order valence-corrected chi connectivity index (χ1v) is 6.56. The number of aliphatic hydroxyl groups is 1. The van der Waals surface area contributed by atoms with Gasteiger partial charge in [0.15, 0.2) is 0 Å². The minimum absolute atomic E-state index is 0.00834. The maximum Gasteiger partial charge on any atom is 0.240 e. The second-order valence-electron chi connectivity index (χ2n) is 3.33. The van der Waals surface area contributed by atoms with Crippen LogP contribution in [0.25, 0.3) is 0 Å². The summed E-state index contributed by atoms with van der Waals surface area (Å²) in [5.74, 6) is 0.301. The molecule has 0 fully saturated rings. The molecular formula is C10H16N2O4S. The number of hydrogen-bond acceptors (Lipinski definition) is 5. The predicted octanol–water partition coefficient (Wildman–Crippen LogP) is -0.0619. The monoisotopic (exact) mass is 260 g/mol. The van der Waals surface area contributed by atoms with Gasteiger partial charge in [-0.25, -0.2) is 13.1 Å². The van der Waals surface area contributed by atoms with Crippen LogP contribution in [0, 0.1) is 0 Å². The fourth-order valence-corrected chi connectivity index (χ4v) is 1.92. The van der Waals surface area contributed by atoms with E-state index in [9.17, 15) is 8.42 Å². The number of rotatable bonds is 6. The van der Waals surface area contributed by atoms with Crippen LogP contribution in [-0.4, -0.2) is 33.8 Å². The van der Waals surface area contributed by atoms with Crippen LogP contribution in [-0.2, 0) is 10.0 Å². The van der Waals surface area contributed by atoms with Gasteiger partial charge in [-0.2, -0.15) is 0 Å². The number of nitrogens with one attached hydrogen (secondary N) is 1. The maximum atomic E-state index is 11.5. The highest BCUT2D eigenvalue weighted by Gasteiger charge is 2.13. The molecule has 7 heteroatoms. The van der Waals surface area contributed by atoms with Crippen LogP contribution in [0.5, 0.6) is 5.75 Å². The van der Waals surface area contributed by atoms with Crippen molar-refractivity contribution in [3.8, 4) is 5.75 Å². The van der Waals surface area contributed by atoms with E-state index in [1.165, 1.54) is 25.2 Å². The first-order chi connectivity index (χ1) is 8.01. The number of ether oxygens (including phenoxy) is 1. The lowest BCUT2D eigenvalue weighted by atomic mass is 10.3. The van der Waals surface area contributed by atoms with Crippen molar-refractivity contribution in [1.82, 2.24) is 4.72 Å². The summed E-state index contributed by atoms with van der Waals surface area (Å²) in [7, 11) is -2.17. The molecule has 1 rings (SSSR count). The van der Waals surface area contributed by atoms with E-state index in [1.807, 2.05) is 0 Å². The van der Waals surface area contributed by atoms with Crippen LogP contribution in [0.3, 0.4) is 0 Å². The van der Waals surface area contributed by atoms with Crippen molar-refractivity contribution < 1.29 is 18.3 Å². The van der Waals surface area contributed by atoms with E-state index in [-0.39, 0.29) is 18.1 Å². The summed E-state index contributed by atoms with van der Waals surface area (Å²) < 4.78 is 30.6. The normalized spacial score (nSPS) is 11.4. The molecule has 6 nitrogen and oxygen atoms in total. The SMILES string of the molecule is CNS(=O)(=O)c1ccc(N)c(OCCCO)c1. The highest BCUT2D eigenvalue weighted by atomic mass is 32.2. The fraction of sp³-hybridized carbons (Fsp3) is 0.400. The molecule has 0 aliphatic heterocycles. The van der Waals surface area contributed by atoms with Crippen LogP contribution in [0.15, 0.2) is 23.1 Å². The van der Waals surface area contributed by atoms with Gasteiger partial charge in [-0.15, -0.1) is 0 Å². The molecule has 0 heterocycles. The molecule has 96 valence electrons. The van der Waals surface area contributed by atoms with Gasteiger partial charge in [0.1, 0.15) is 5.75 Å². The molecule has 0 atom stereocenters. The number of nitrogens with two attached hydrogens (primary N) is 1. The molecule has 0 saturated heterocycles. The van der Waals surface area contributed by atoms with Crippen molar-refractivity contribution >= 4 is 15.7 Å². The zero-order valence-corrected chi connectivity index (χ0v) is 10.3. The predicted molar refractivity (Wildman–Crippen MR) is 64.3 cm³/mol. The average molecular weight is 260 g/mol. The summed E-state index contributed by atoms with van der Waals surface area (Å²) in [6, 6.07) is 4.23. The lowest BCUT2D eigenvalue weighted by Crippen LogP contribution is -2.18. The molecule has 0 spiro atoms. The lowest BCUT2D eigenvalue weighted by molar-refractivity contribution is 0.234. The highest BCUT2D eigenvalue weighted by Crippen LogP contribution is 2.25. The minimum Gasteiger partial charge on any atom is -0.491 e. The molecule has 0 radical (unpaired) electrons. The molecule has 1 aromatic rings. The summed E-state index contributed by atoms with van der Waals surface area (Å²) in [6.45, 7) is 0.290. The Bertz CT molecular complexity index is 473. The molecule has 0 unspecified atom stereocenters. The van der Waals surface area contributed by atoms with Crippen molar-refractivity contribution in [3.05, 3.63) is 18.2 Å². The van der Waals surface area contributed by atoms with E-state index in [1.54, 1.807) is 0 Å². The van der Waals surface area contributed by atoms with E-state index in [4.69, 9.17) is 15.6 Å². The first-order valence-electron chi connectivity index (χ1n) is 5.08. The second kappa shape index (κ2) is 5.85. The van der Waals surface area contributed by atoms with Gasteiger partial charge in [-0.05, 0) is 19.2 Å². The van der Waals surface area contributed by atoms with E-state index < -0.39 is 10.0 Å². The minimum atomic E-state index is -3.50. The molecule has 0 aromatic heterocycles. The smallest absolute Gasteiger partial charge is 0.240 e. The molecule has 4 N–H and O–H groups in total. The van der Waals surface area contributed by atoms with E-state index in [0.29, 0.717) is 17.9 Å². The zero-order chi connectivity index (χ0) is 12.9. The van der Waals surface area contributed by atoms with Gasteiger partial charge in [0.2, 0.25) is 10.0 Å². The quantitative estimate of drug-likeness (QED) is 0.491. The molecule has 0 bridgehead atoms. The van der Waals surface area contributed by atoms with Crippen molar-refractivity contribution in [3.63, 3.8) is 0 Å². The molecule has 0 aliphatic rings. The average Bonchev–Trinajstić information content (AvgIpc) is 2.31. The fourth-order valence-electron chi connectivity index (χ4n) is 1.17. The standard InChI is InChI=1S/C10H16N2O4S/c1-12-17(14,15)8-3-4-9(11)10(7-8)16-6-2-5-13/h3-4,7,12-13H,2,5-6,11H2,1H3. The van der Waals surface area contributed by atoms with Gasteiger partial charge in [0.05, 0.1) is 17.2 Å². The Balaban J connectivity index is 2.95. The Hall–Kier alpha value is -1.31. The Labute approximate surface area is 100 Å². The largest absolute Gasteiger partial charge is 0.491 e. The summed E-state index contributed by atoms with van der Waals surface area (Å²) >= 11 is 0. The third-order valence-electron chi connectivity index (χ3n) is 2.12. The van der Waals surface area contributed by atoms with Gasteiger partial charge in [-0.1, -0.05) is 0 Å². The maximum absolute atomic E-state index is 11.5. The van der Waals surface area contributed by atoms with Crippen LogP contribution in [0.1, 0.15) is 6.42 Å². The number of anilines is 1. The first kappa shape index (κ1) is 13.8. The van der Waals surface area contributed by atoms with Gasteiger partial charge < -0.3 is 15.6 Å². The second-order valence-corrected chi connectivity index (χ2v) is 5.22. The third kappa shape index (κ3) is 3.58. The van der Waals surface area contributed by atoms with E-state index >= 15 is 0 Å². The van der Waals surface area contributed by atoms with Crippen molar-refractivity contribution in [2.75, 3.05) is 26.0 Å². The Kier molecular flexibility index (Phi) is 4.73. The van der Waals surface area contributed by atoms with Crippen LogP contribution in [0.4, 0.5) is 5.69 Å². The Morgan fingerprint density at radius 1 is 1.47 bits per heavy atom. The number of aliphatic hydroxyl groups excluding tert-OH is 1. The van der Waals surface area contributed by atoms with Crippen molar-refractivity contribution in [2.24, 2.45) is 0 Å². The lowest BCUT2D eigenvalue weighted by Gasteiger charge is -2.10. The number of benzene rings is 1. The van der Waals surface area contributed by atoms with Gasteiger partial charge in [-0.3, -0.25) is 0 Å². The molecule has 17 heavy (non-hydrogen) atoms. The molecule has 0 saturated carbocycles. The summed E-state index contributed by atoms with van der Waals surface area (Å²) in [5, 5.41) is 8.62. The number of nitrogen functional groups attached to an aromatic ring is 1. The summed E-state index contributed by atoms with van der Waals surface area (Å²) in [4.78, 5) is 0.0909. The Morgan fingerprint density at radius 3 is 2.76 bits per heavy atom. The van der Waals surface area contributed by atoms with E-state index in [0.717, 1.165) is 0 Å². The number of sulfonamides is 1. The highest BCUT2D eigenvalue weighted by molar-refractivity contribution is 7.89. The Morgan fingerprint density at radius 2 is 2.18 bits per heavy atom. The van der Waals surface area contributed by atoms with Crippen molar-refractivity contribution in [1.29, 1.82) is 0 Å². The summed E-state index contributed by atoms with van der Waals surface area (Å²) in [6.07, 6.45) is 0.461. The molecule has 1 aromatic carbocycles. The van der Waals surface area contributed by atoms with Gasteiger partial charge >= 0.3 is 0 Å².